The lowest BCUT2D eigenvalue weighted by Gasteiger charge is -2.16. The van der Waals surface area contributed by atoms with Crippen LogP contribution in [0, 0.1) is 0 Å². The minimum Gasteiger partial charge on any atom is -0.477 e. The second kappa shape index (κ2) is 8.53. The third-order valence-electron chi connectivity index (χ3n) is 6.24. The molecule has 1 atom stereocenters. The fraction of sp³-hybridized carbons (Fsp3) is 0.304. The molecule has 3 aromatic heterocycles. The Balaban J connectivity index is 1.46. The first-order chi connectivity index (χ1) is 16.0. The van der Waals surface area contributed by atoms with Crippen LogP contribution < -0.4 is 5.69 Å². The molecular weight excluding hydrogens is 440 g/mol. The Kier molecular flexibility index (Phi) is 5.55. The molecule has 1 aliphatic rings. The quantitative estimate of drug-likeness (QED) is 0.438. The second-order valence-corrected chi connectivity index (χ2v) is 9.01. The summed E-state index contributed by atoms with van der Waals surface area (Å²) in [5.74, 6) is -0.304. The third-order valence-corrected chi connectivity index (χ3v) is 6.99. The summed E-state index contributed by atoms with van der Waals surface area (Å²) >= 11 is 1.66. The summed E-state index contributed by atoms with van der Waals surface area (Å²) in [6.45, 7) is 1.97. The van der Waals surface area contributed by atoms with Crippen LogP contribution in [0.25, 0.3) is 16.9 Å². The molecule has 1 fully saturated rings. The molecule has 0 amide bonds. The van der Waals surface area contributed by atoms with E-state index in [2.05, 4.69) is 14.9 Å². The van der Waals surface area contributed by atoms with Crippen LogP contribution in [-0.4, -0.2) is 59.0 Å². The number of hydrogen-bond donors (Lipinski definition) is 1. The van der Waals surface area contributed by atoms with Gasteiger partial charge in [0.25, 0.3) is 0 Å². The van der Waals surface area contributed by atoms with Crippen molar-refractivity contribution < 1.29 is 9.90 Å². The van der Waals surface area contributed by atoms with Crippen LogP contribution in [0.4, 0.5) is 0 Å². The van der Waals surface area contributed by atoms with E-state index < -0.39 is 5.97 Å². The maximum absolute atomic E-state index is 13.6. The zero-order valence-corrected chi connectivity index (χ0v) is 19.2. The highest BCUT2D eigenvalue weighted by Gasteiger charge is 2.29. The van der Waals surface area contributed by atoms with Gasteiger partial charge in [-0.1, -0.05) is 0 Å². The van der Waals surface area contributed by atoms with E-state index in [4.69, 9.17) is 0 Å². The molecule has 4 heterocycles. The average Bonchev–Trinajstić information content (AvgIpc) is 3.50. The number of fused-ring (bicyclic) bond motifs is 1. The van der Waals surface area contributed by atoms with Crippen LogP contribution in [0.3, 0.4) is 0 Å². The molecule has 10 heteroatoms. The van der Waals surface area contributed by atoms with Crippen molar-refractivity contribution >= 4 is 28.9 Å². The zero-order chi connectivity index (χ0) is 23.1. The summed E-state index contributed by atoms with van der Waals surface area (Å²) < 4.78 is 5.14. The number of imidazole rings is 2. The number of hydrogen-bond acceptors (Lipinski definition) is 6. The van der Waals surface area contributed by atoms with E-state index in [9.17, 15) is 14.7 Å². The van der Waals surface area contributed by atoms with Crippen molar-refractivity contribution in [1.82, 2.24) is 28.6 Å². The van der Waals surface area contributed by atoms with Crippen LogP contribution in [0.2, 0.25) is 0 Å². The van der Waals surface area contributed by atoms with Gasteiger partial charge in [-0.15, -0.1) is 11.8 Å². The number of carbonyl (C=O) groups is 1. The summed E-state index contributed by atoms with van der Waals surface area (Å²) in [4.78, 5) is 37.1. The van der Waals surface area contributed by atoms with Crippen LogP contribution in [0.15, 0.2) is 58.5 Å². The van der Waals surface area contributed by atoms with Gasteiger partial charge in [0.2, 0.25) is 0 Å². The SMILES string of the molecule is CSc1ccc(-n2c(=O)n([C@H]3CCN(Cc4ncc(C(=O)O)n4C)C3)c3ncccc32)cc1. The number of pyridine rings is 1. The Morgan fingerprint density at radius 1 is 1.21 bits per heavy atom. The Morgan fingerprint density at radius 2 is 2.00 bits per heavy atom. The Bertz CT molecular complexity index is 1390. The number of thioether (sulfide) groups is 1. The summed E-state index contributed by atoms with van der Waals surface area (Å²) in [6.07, 6.45) is 5.93. The van der Waals surface area contributed by atoms with Gasteiger partial charge in [0.1, 0.15) is 11.5 Å². The van der Waals surface area contributed by atoms with E-state index >= 15 is 0 Å². The molecular formula is C23H24N6O3S. The van der Waals surface area contributed by atoms with Gasteiger partial charge >= 0.3 is 11.7 Å². The topological polar surface area (TPSA) is 98.2 Å². The molecule has 0 spiro atoms. The largest absolute Gasteiger partial charge is 0.477 e. The van der Waals surface area contributed by atoms with Crippen LogP contribution >= 0.6 is 11.8 Å². The van der Waals surface area contributed by atoms with Gasteiger partial charge in [-0.25, -0.2) is 19.6 Å². The molecule has 33 heavy (non-hydrogen) atoms. The molecule has 0 unspecified atom stereocenters. The van der Waals surface area contributed by atoms with E-state index in [0.717, 1.165) is 29.1 Å². The van der Waals surface area contributed by atoms with E-state index in [1.54, 1.807) is 38.7 Å². The highest BCUT2D eigenvalue weighted by atomic mass is 32.2. The fourth-order valence-corrected chi connectivity index (χ4v) is 4.93. The van der Waals surface area contributed by atoms with Crippen LogP contribution in [-0.2, 0) is 13.6 Å². The van der Waals surface area contributed by atoms with E-state index in [1.165, 1.54) is 6.20 Å². The molecule has 0 radical (unpaired) electrons. The summed E-state index contributed by atoms with van der Waals surface area (Å²) in [7, 11) is 1.71. The number of carboxylic acid groups (broad SMARTS) is 1. The predicted octanol–water partition coefficient (Wildman–Crippen LogP) is 2.79. The van der Waals surface area contributed by atoms with Gasteiger partial charge in [-0.3, -0.25) is 14.0 Å². The van der Waals surface area contributed by atoms with Crippen molar-refractivity contribution in [3.63, 3.8) is 0 Å². The number of aromatic carboxylic acids is 1. The van der Waals surface area contributed by atoms with Gasteiger partial charge < -0.3 is 9.67 Å². The lowest BCUT2D eigenvalue weighted by molar-refractivity contribution is 0.0686. The molecule has 1 N–H and O–H groups in total. The van der Waals surface area contributed by atoms with Crippen molar-refractivity contribution in [2.24, 2.45) is 7.05 Å². The number of nitrogens with zero attached hydrogens (tertiary/aromatic N) is 6. The van der Waals surface area contributed by atoms with E-state index in [-0.39, 0.29) is 17.4 Å². The number of likely N-dealkylation sites (tertiary alicyclic amines) is 1. The summed E-state index contributed by atoms with van der Waals surface area (Å²) in [5, 5.41) is 9.26. The van der Waals surface area contributed by atoms with Crippen molar-refractivity contribution in [2.75, 3.05) is 19.3 Å². The van der Waals surface area contributed by atoms with Crippen molar-refractivity contribution in [2.45, 2.75) is 23.9 Å². The predicted molar refractivity (Wildman–Crippen MR) is 126 cm³/mol. The molecule has 0 saturated carbocycles. The second-order valence-electron chi connectivity index (χ2n) is 8.13. The molecule has 0 aliphatic carbocycles. The van der Waals surface area contributed by atoms with Gasteiger partial charge in [-0.05, 0) is 49.1 Å². The summed E-state index contributed by atoms with van der Waals surface area (Å²) in [6, 6.07) is 11.7. The first-order valence-electron chi connectivity index (χ1n) is 10.7. The molecule has 9 nitrogen and oxygen atoms in total. The maximum atomic E-state index is 13.6. The Labute approximate surface area is 194 Å². The van der Waals surface area contributed by atoms with Crippen LogP contribution in [0.1, 0.15) is 28.8 Å². The molecule has 0 bridgehead atoms. The minimum atomic E-state index is -0.994. The fourth-order valence-electron chi connectivity index (χ4n) is 4.52. The number of rotatable bonds is 6. The summed E-state index contributed by atoms with van der Waals surface area (Å²) in [5.41, 5.74) is 2.34. The lowest BCUT2D eigenvalue weighted by atomic mass is 10.2. The third kappa shape index (κ3) is 3.75. The molecule has 1 aliphatic heterocycles. The van der Waals surface area contributed by atoms with E-state index in [0.29, 0.717) is 24.6 Å². The minimum absolute atomic E-state index is 0.0270. The molecule has 5 rings (SSSR count). The Morgan fingerprint density at radius 3 is 2.70 bits per heavy atom. The zero-order valence-electron chi connectivity index (χ0n) is 18.4. The monoisotopic (exact) mass is 464 g/mol. The number of carboxylic acids is 1. The van der Waals surface area contributed by atoms with Gasteiger partial charge in [0.05, 0.1) is 30.0 Å². The molecule has 1 saturated heterocycles. The standard InChI is InChI=1S/C23H24N6O3S/c1-26-19(22(30)31)12-25-20(26)14-27-11-9-16(13-27)29-21-18(4-3-10-24-21)28(23(29)32)15-5-7-17(33-2)8-6-15/h3-8,10,12,16H,9,11,13-14H2,1-2H3,(H,30,31)/t16-/m0/s1. The van der Waals surface area contributed by atoms with E-state index in [1.807, 2.05) is 42.7 Å². The van der Waals surface area contributed by atoms with Crippen molar-refractivity contribution in [1.29, 1.82) is 0 Å². The normalized spacial score (nSPS) is 16.6. The smallest absolute Gasteiger partial charge is 0.354 e. The highest BCUT2D eigenvalue weighted by molar-refractivity contribution is 7.98. The van der Waals surface area contributed by atoms with Gasteiger partial charge in [-0.2, -0.15) is 0 Å². The van der Waals surface area contributed by atoms with Gasteiger partial charge in [0, 0.05) is 31.2 Å². The highest BCUT2D eigenvalue weighted by Crippen LogP contribution is 2.27. The molecule has 1 aromatic carbocycles. The first kappa shape index (κ1) is 21.5. The molecule has 170 valence electrons. The van der Waals surface area contributed by atoms with Crippen molar-refractivity contribution in [3.8, 4) is 5.69 Å². The molecule has 4 aromatic rings. The van der Waals surface area contributed by atoms with Gasteiger partial charge in [0.15, 0.2) is 5.65 Å². The maximum Gasteiger partial charge on any atom is 0.354 e. The average molecular weight is 465 g/mol. The number of aromatic nitrogens is 5. The lowest BCUT2D eigenvalue weighted by Crippen LogP contribution is -2.29. The first-order valence-corrected chi connectivity index (χ1v) is 11.9. The Hall–Kier alpha value is -3.37. The van der Waals surface area contributed by atoms with Crippen molar-refractivity contribution in [3.05, 3.63) is 70.8 Å². The van der Waals surface area contributed by atoms with Crippen LogP contribution in [0.5, 0.6) is 0 Å². The number of benzene rings is 1.